The summed E-state index contributed by atoms with van der Waals surface area (Å²) in [6.07, 6.45) is 4.17. The largest absolute Gasteiger partial charge is 0.497 e. The number of hydrogen-bond donors (Lipinski definition) is 0. The standard InChI is InChI=1S/C19H23NOS.ClH/c1-20(2)11-16-12-4-5-14(8-12)19(16)18-9-13-6-7-15(21-3)10-17(13)22-18;/h6-7,9-10,12,14H,4-5,8,11H2,1-3H3;1H. The van der Waals surface area contributed by atoms with Crippen molar-refractivity contribution in [2.24, 2.45) is 11.8 Å². The fourth-order valence-corrected chi connectivity index (χ4v) is 5.48. The summed E-state index contributed by atoms with van der Waals surface area (Å²) in [5, 5.41) is 1.35. The average Bonchev–Trinajstić information content (AvgIpc) is 3.19. The van der Waals surface area contributed by atoms with Crippen LogP contribution in [0.25, 0.3) is 15.7 Å². The van der Waals surface area contributed by atoms with Gasteiger partial charge in [0.05, 0.1) is 7.11 Å². The van der Waals surface area contributed by atoms with Gasteiger partial charge in [0.2, 0.25) is 0 Å². The number of nitrogens with zero attached hydrogens (tertiary/aromatic N) is 1. The van der Waals surface area contributed by atoms with E-state index in [0.717, 1.165) is 24.1 Å². The van der Waals surface area contributed by atoms with Crippen LogP contribution in [0.4, 0.5) is 0 Å². The van der Waals surface area contributed by atoms with E-state index >= 15 is 0 Å². The highest BCUT2D eigenvalue weighted by atomic mass is 35.5. The minimum absolute atomic E-state index is 0. The van der Waals surface area contributed by atoms with E-state index < -0.39 is 0 Å². The van der Waals surface area contributed by atoms with E-state index in [0.29, 0.717) is 0 Å². The smallest absolute Gasteiger partial charge is 0.120 e. The quantitative estimate of drug-likeness (QED) is 0.763. The second kappa shape index (κ2) is 6.46. The highest BCUT2D eigenvalue weighted by molar-refractivity contribution is 7.20. The van der Waals surface area contributed by atoms with Crippen LogP contribution >= 0.6 is 23.7 Å². The monoisotopic (exact) mass is 349 g/mol. The molecule has 1 fully saturated rings. The van der Waals surface area contributed by atoms with E-state index in [4.69, 9.17) is 4.74 Å². The number of thiophene rings is 1. The van der Waals surface area contributed by atoms with Crippen molar-refractivity contribution < 1.29 is 4.74 Å². The third-order valence-corrected chi connectivity index (χ3v) is 6.29. The number of rotatable bonds is 4. The first-order valence-electron chi connectivity index (χ1n) is 8.11. The van der Waals surface area contributed by atoms with Crippen molar-refractivity contribution in [1.29, 1.82) is 0 Å². The second-order valence-corrected chi connectivity index (χ2v) is 7.98. The maximum atomic E-state index is 5.37. The van der Waals surface area contributed by atoms with E-state index in [2.05, 4.69) is 43.3 Å². The Balaban J connectivity index is 0.00000156. The van der Waals surface area contributed by atoms with Gasteiger partial charge in [-0.15, -0.1) is 23.7 Å². The lowest BCUT2D eigenvalue weighted by Crippen LogP contribution is -2.19. The summed E-state index contributed by atoms with van der Waals surface area (Å²) in [4.78, 5) is 3.82. The summed E-state index contributed by atoms with van der Waals surface area (Å²) < 4.78 is 6.71. The first kappa shape index (κ1) is 16.8. The molecule has 0 saturated heterocycles. The normalized spacial score (nSPS) is 23.0. The molecule has 2 aromatic rings. The van der Waals surface area contributed by atoms with Crippen LogP contribution in [-0.4, -0.2) is 32.6 Å². The van der Waals surface area contributed by atoms with E-state index in [-0.39, 0.29) is 12.4 Å². The number of allylic oxidation sites excluding steroid dienone is 1. The van der Waals surface area contributed by atoms with Crippen LogP contribution in [0, 0.1) is 11.8 Å². The number of methoxy groups -OCH3 is 1. The van der Waals surface area contributed by atoms with Crippen molar-refractivity contribution in [3.63, 3.8) is 0 Å². The van der Waals surface area contributed by atoms with Crippen LogP contribution in [-0.2, 0) is 0 Å². The summed E-state index contributed by atoms with van der Waals surface area (Å²) >= 11 is 1.94. The molecule has 0 radical (unpaired) electrons. The highest BCUT2D eigenvalue weighted by Crippen LogP contribution is 2.54. The Labute approximate surface area is 148 Å². The maximum Gasteiger partial charge on any atom is 0.120 e. The molecule has 0 aliphatic heterocycles. The molecule has 23 heavy (non-hydrogen) atoms. The molecule has 2 unspecified atom stereocenters. The molecule has 2 aliphatic rings. The summed E-state index contributed by atoms with van der Waals surface area (Å²) in [5.74, 6) is 2.59. The van der Waals surface area contributed by atoms with E-state index in [1.54, 1.807) is 18.3 Å². The number of halogens is 1. The zero-order valence-corrected chi connectivity index (χ0v) is 15.6. The van der Waals surface area contributed by atoms with Gasteiger partial charge in [-0.3, -0.25) is 0 Å². The molecule has 1 saturated carbocycles. The van der Waals surface area contributed by atoms with Crippen molar-refractivity contribution in [3.05, 3.63) is 34.7 Å². The van der Waals surface area contributed by atoms with Gasteiger partial charge in [0.1, 0.15) is 5.75 Å². The van der Waals surface area contributed by atoms with Crippen LogP contribution < -0.4 is 4.74 Å². The Bertz CT molecular complexity index is 749. The maximum absolute atomic E-state index is 5.37. The zero-order valence-electron chi connectivity index (χ0n) is 14.0. The molecule has 2 bridgehead atoms. The highest BCUT2D eigenvalue weighted by Gasteiger charge is 2.39. The molecular formula is C19H24ClNOS. The van der Waals surface area contributed by atoms with Crippen LogP contribution in [0.5, 0.6) is 5.75 Å². The predicted molar refractivity (Wildman–Crippen MR) is 102 cm³/mol. The third-order valence-electron chi connectivity index (χ3n) is 5.16. The summed E-state index contributed by atoms with van der Waals surface area (Å²) in [7, 11) is 6.11. The Hall–Kier alpha value is -1.03. The van der Waals surface area contributed by atoms with Crippen molar-refractivity contribution in [2.75, 3.05) is 27.7 Å². The molecule has 1 heterocycles. The lowest BCUT2D eigenvalue weighted by molar-refractivity contribution is 0.415. The van der Waals surface area contributed by atoms with E-state index in [1.165, 1.54) is 34.2 Å². The molecule has 2 nitrogen and oxygen atoms in total. The van der Waals surface area contributed by atoms with Gasteiger partial charge in [-0.2, -0.15) is 0 Å². The van der Waals surface area contributed by atoms with Crippen LogP contribution in [0.2, 0.25) is 0 Å². The van der Waals surface area contributed by atoms with Crippen molar-refractivity contribution in [2.45, 2.75) is 19.3 Å². The molecule has 124 valence electrons. The lowest BCUT2D eigenvalue weighted by atomic mass is 9.90. The second-order valence-electron chi connectivity index (χ2n) is 6.90. The minimum Gasteiger partial charge on any atom is -0.497 e. The number of fused-ring (bicyclic) bond motifs is 3. The SMILES string of the molecule is COc1ccc2cc(C3=C(CN(C)C)C4CCC3C4)sc2c1.Cl. The molecule has 4 heteroatoms. The van der Waals surface area contributed by atoms with Gasteiger partial charge >= 0.3 is 0 Å². The number of hydrogen-bond acceptors (Lipinski definition) is 3. The molecular weight excluding hydrogens is 326 g/mol. The first-order chi connectivity index (χ1) is 10.7. The fraction of sp³-hybridized carbons (Fsp3) is 0.474. The molecule has 0 spiro atoms. The minimum atomic E-state index is 0. The van der Waals surface area contributed by atoms with Gasteiger partial charge in [0, 0.05) is 16.1 Å². The molecule has 0 amide bonds. The summed E-state index contributed by atoms with van der Waals surface area (Å²) in [5.41, 5.74) is 3.38. The molecule has 0 N–H and O–H groups in total. The Morgan fingerprint density at radius 3 is 2.70 bits per heavy atom. The van der Waals surface area contributed by atoms with Gasteiger partial charge in [-0.1, -0.05) is 0 Å². The Morgan fingerprint density at radius 1 is 1.17 bits per heavy atom. The van der Waals surface area contributed by atoms with Gasteiger partial charge in [-0.05, 0) is 86.0 Å². The van der Waals surface area contributed by atoms with Gasteiger partial charge in [-0.25, -0.2) is 0 Å². The average molecular weight is 350 g/mol. The first-order valence-corrected chi connectivity index (χ1v) is 8.93. The van der Waals surface area contributed by atoms with Crippen LogP contribution in [0.3, 0.4) is 0 Å². The third kappa shape index (κ3) is 2.90. The topological polar surface area (TPSA) is 12.5 Å². The summed E-state index contributed by atoms with van der Waals surface area (Å²) in [6, 6.07) is 8.82. The number of ether oxygens (including phenoxy) is 1. The van der Waals surface area contributed by atoms with Crippen LogP contribution in [0.1, 0.15) is 24.1 Å². The lowest BCUT2D eigenvalue weighted by Gasteiger charge is -2.22. The van der Waals surface area contributed by atoms with E-state index in [1.807, 2.05) is 11.3 Å². The van der Waals surface area contributed by atoms with E-state index in [9.17, 15) is 0 Å². The molecule has 1 aromatic carbocycles. The van der Waals surface area contributed by atoms with Gasteiger partial charge in [0.25, 0.3) is 0 Å². The van der Waals surface area contributed by atoms with Crippen molar-refractivity contribution >= 4 is 39.4 Å². The Kier molecular flexibility index (Phi) is 4.73. The van der Waals surface area contributed by atoms with Crippen LogP contribution in [0.15, 0.2) is 29.8 Å². The zero-order chi connectivity index (χ0) is 15.3. The van der Waals surface area contributed by atoms with Crippen molar-refractivity contribution in [1.82, 2.24) is 4.90 Å². The van der Waals surface area contributed by atoms with Gasteiger partial charge in [0.15, 0.2) is 0 Å². The number of benzene rings is 1. The predicted octanol–water partition coefficient (Wildman–Crippen LogP) is 5.08. The number of likely N-dealkylation sites (N-methyl/N-ethyl adjacent to an activating group) is 1. The molecule has 2 atom stereocenters. The van der Waals surface area contributed by atoms with Gasteiger partial charge < -0.3 is 9.64 Å². The molecule has 4 rings (SSSR count). The molecule has 1 aromatic heterocycles. The fourth-order valence-electron chi connectivity index (χ4n) is 4.23. The Morgan fingerprint density at radius 2 is 1.96 bits per heavy atom. The summed E-state index contributed by atoms with van der Waals surface area (Å²) in [6.45, 7) is 1.12. The van der Waals surface area contributed by atoms with Crippen molar-refractivity contribution in [3.8, 4) is 5.75 Å². The molecule has 2 aliphatic carbocycles.